The highest BCUT2D eigenvalue weighted by atomic mass is 19.1. The number of halogens is 2. The largest absolute Gasteiger partial charge is 0.423 e. The minimum atomic E-state index is -1.17. The van der Waals surface area contributed by atoms with Crippen molar-refractivity contribution in [3.8, 4) is 51.3 Å². The van der Waals surface area contributed by atoms with Gasteiger partial charge >= 0.3 is 23.9 Å². The van der Waals surface area contributed by atoms with E-state index in [-0.39, 0.29) is 39.7 Å². The second kappa shape index (κ2) is 42.2. The van der Waals surface area contributed by atoms with Gasteiger partial charge in [0.1, 0.15) is 34.6 Å². The van der Waals surface area contributed by atoms with Crippen molar-refractivity contribution in [2.75, 3.05) is 0 Å². The van der Waals surface area contributed by atoms with Crippen LogP contribution in [-0.4, -0.2) is 23.9 Å². The average Bonchev–Trinajstić information content (AvgIpc) is 0.980. The molecule has 0 radical (unpaired) electrons. The Balaban J connectivity index is 0.785. The van der Waals surface area contributed by atoms with E-state index in [0.717, 1.165) is 65.4 Å². The Morgan fingerprint density at radius 1 is 0.309 bits per heavy atom. The topological polar surface area (TPSA) is 129 Å². The van der Waals surface area contributed by atoms with Gasteiger partial charge in [-0.25, -0.2) is 28.0 Å². The van der Waals surface area contributed by atoms with Crippen molar-refractivity contribution < 1.29 is 46.9 Å². The third-order valence-electron chi connectivity index (χ3n) is 17.6. The first-order valence-corrected chi connectivity index (χ1v) is 35.4. The molecule has 0 aromatic heterocycles. The zero-order chi connectivity index (χ0) is 66.4. The Hall–Kier alpha value is -8.23. The Morgan fingerprint density at radius 2 is 0.574 bits per heavy atom. The van der Waals surface area contributed by atoms with Crippen LogP contribution in [0.2, 0.25) is 0 Å². The fourth-order valence-corrected chi connectivity index (χ4v) is 11.9. The minimum Gasteiger partial charge on any atom is -0.423 e. The molecule has 0 amide bonds. The van der Waals surface area contributed by atoms with Crippen LogP contribution in [0.15, 0.2) is 152 Å². The second-order valence-corrected chi connectivity index (χ2v) is 25.3. The first-order valence-electron chi connectivity index (χ1n) is 35.4. The zero-order valence-corrected chi connectivity index (χ0v) is 55.9. The predicted octanol–water partition coefficient (Wildman–Crippen LogP) is 23.7. The van der Waals surface area contributed by atoms with Gasteiger partial charge in [0, 0.05) is 18.2 Å². The van der Waals surface area contributed by atoms with Crippen LogP contribution in [0, 0.1) is 23.0 Å². The maximum Gasteiger partial charge on any atom is 0.346 e. The minimum absolute atomic E-state index is 0.0952. The van der Waals surface area contributed by atoms with Crippen LogP contribution in [0.5, 0.6) is 23.0 Å². The molecule has 0 atom stereocenters. The lowest BCUT2D eigenvalue weighted by Crippen LogP contribution is -2.14. The smallest absolute Gasteiger partial charge is 0.346 e. The quantitative estimate of drug-likeness (QED) is 0.0208. The normalized spacial score (nSPS) is 11.1. The molecule has 0 N–H and O–H groups in total. The lowest BCUT2D eigenvalue weighted by Gasteiger charge is -2.11. The SMILES string of the molecule is CCCCCCCCCCCCCCCCCCc1ccc(-c2ccc(C(=O)Oc3ccc(C(=O)Oc4cc(C#N)cc(OC(=O)c5ccc(OC(=O)c6ccc(-c7ccc(CCCCCCCCCCCCCCCCCC)cc7)cc6)cc5F)c4)c(F)c3)cc2)cc1. The summed E-state index contributed by atoms with van der Waals surface area (Å²) < 4.78 is 52.6. The van der Waals surface area contributed by atoms with Crippen LogP contribution in [0.3, 0.4) is 0 Å². The molecule has 0 aliphatic heterocycles. The van der Waals surface area contributed by atoms with Gasteiger partial charge in [0.2, 0.25) is 0 Å². The molecule has 0 saturated carbocycles. The third-order valence-corrected chi connectivity index (χ3v) is 17.6. The van der Waals surface area contributed by atoms with Gasteiger partial charge in [0.05, 0.1) is 33.9 Å². The third kappa shape index (κ3) is 26.3. The average molecular weight is 1280 g/mol. The van der Waals surface area contributed by atoms with Crippen molar-refractivity contribution in [3.05, 3.63) is 202 Å². The van der Waals surface area contributed by atoms with Gasteiger partial charge in [0.25, 0.3) is 0 Å². The zero-order valence-electron chi connectivity index (χ0n) is 55.9. The van der Waals surface area contributed by atoms with Crippen molar-refractivity contribution in [1.29, 1.82) is 5.26 Å². The summed E-state index contributed by atoms with van der Waals surface area (Å²) in [7, 11) is 0. The van der Waals surface area contributed by atoms with E-state index in [4.69, 9.17) is 18.9 Å². The fourth-order valence-electron chi connectivity index (χ4n) is 11.9. The molecule has 7 aromatic rings. The van der Waals surface area contributed by atoms with Crippen molar-refractivity contribution in [1.82, 2.24) is 0 Å². The number of hydrogen-bond donors (Lipinski definition) is 0. The Morgan fingerprint density at radius 3 is 0.851 bits per heavy atom. The lowest BCUT2D eigenvalue weighted by molar-refractivity contribution is 0.0720. The van der Waals surface area contributed by atoms with E-state index >= 15 is 8.78 Å². The first-order chi connectivity index (χ1) is 46.0. The predicted molar refractivity (Wildman–Crippen MR) is 374 cm³/mol. The molecule has 11 heteroatoms. The summed E-state index contributed by atoms with van der Waals surface area (Å²) in [6.45, 7) is 4.54. The molecule has 0 spiro atoms. The summed E-state index contributed by atoms with van der Waals surface area (Å²) in [6, 6.07) is 42.5. The van der Waals surface area contributed by atoms with Crippen molar-refractivity contribution in [2.24, 2.45) is 0 Å². The molecule has 0 unspecified atom stereocenters. The van der Waals surface area contributed by atoms with E-state index in [2.05, 4.69) is 62.4 Å². The van der Waals surface area contributed by atoms with Crippen LogP contribution < -0.4 is 18.9 Å². The molecule has 7 rings (SSSR count). The number of nitrogens with zero attached hydrogens (tertiary/aromatic N) is 1. The van der Waals surface area contributed by atoms with E-state index in [0.29, 0.717) is 0 Å². The number of carbonyl (C=O) groups excluding carboxylic acids is 4. The van der Waals surface area contributed by atoms with Crippen molar-refractivity contribution in [3.63, 3.8) is 0 Å². The second-order valence-electron chi connectivity index (χ2n) is 25.3. The standard InChI is InChI=1S/C83H99F2NO8/c1-3-5-7-9-11-13-15-17-19-21-23-25-27-29-31-33-35-63-37-41-66(42-38-63)68-45-49-70(50-46-68)80(87)91-72-53-55-76(78(84)60-72)82(89)93-74-57-65(62-86)58-75(59-74)94-83(90)77-56-54-73(61-79(77)85)92-81(88)71-51-47-69(48-52-71)67-43-39-64(40-44-67)36-34-32-30-28-26-24-22-20-18-16-14-12-10-8-6-4-2/h37-61H,3-36H2,1-2H3. The molecule has 0 aliphatic carbocycles. The molecule has 0 bridgehead atoms. The van der Waals surface area contributed by atoms with E-state index < -0.39 is 46.6 Å². The Bertz CT molecular complexity index is 3220. The van der Waals surface area contributed by atoms with Gasteiger partial charge in [-0.3, -0.25) is 0 Å². The maximum atomic E-state index is 15.5. The van der Waals surface area contributed by atoms with Gasteiger partial charge in [0.15, 0.2) is 0 Å². The van der Waals surface area contributed by atoms with Gasteiger partial charge in [-0.15, -0.1) is 0 Å². The van der Waals surface area contributed by atoms with Gasteiger partial charge in [-0.2, -0.15) is 5.26 Å². The number of rotatable bonds is 44. The summed E-state index contributed by atoms with van der Waals surface area (Å²) in [4.78, 5) is 52.8. The molecular formula is C83H99F2NO8. The molecule has 0 aliphatic rings. The molecule has 9 nitrogen and oxygen atoms in total. The summed E-state index contributed by atoms with van der Waals surface area (Å²) in [6.07, 6.45) is 45.2. The summed E-state index contributed by atoms with van der Waals surface area (Å²) in [5.74, 6) is -6.77. The molecule has 0 heterocycles. The maximum absolute atomic E-state index is 15.5. The number of nitriles is 1. The summed E-state index contributed by atoms with van der Waals surface area (Å²) in [5, 5.41) is 9.74. The highest BCUT2D eigenvalue weighted by Gasteiger charge is 2.21. The number of benzene rings is 7. The van der Waals surface area contributed by atoms with E-state index in [1.54, 1.807) is 24.3 Å². The van der Waals surface area contributed by atoms with Crippen LogP contribution in [0.25, 0.3) is 22.3 Å². The van der Waals surface area contributed by atoms with Crippen LogP contribution >= 0.6 is 0 Å². The number of ether oxygens (including phenoxy) is 4. The number of esters is 4. The molecular weight excluding hydrogens is 1180 g/mol. The lowest BCUT2D eigenvalue weighted by atomic mass is 10.00. The molecule has 7 aromatic carbocycles. The van der Waals surface area contributed by atoms with Crippen molar-refractivity contribution in [2.45, 2.75) is 232 Å². The summed E-state index contributed by atoms with van der Waals surface area (Å²) >= 11 is 0. The molecule has 94 heavy (non-hydrogen) atoms. The van der Waals surface area contributed by atoms with E-state index in [9.17, 15) is 24.4 Å². The molecule has 0 saturated heterocycles. The highest BCUT2D eigenvalue weighted by Crippen LogP contribution is 2.30. The number of aryl methyl sites for hydroxylation is 2. The fraction of sp³-hybridized carbons (Fsp3) is 0.434. The van der Waals surface area contributed by atoms with Gasteiger partial charge in [-0.1, -0.05) is 279 Å². The monoisotopic (exact) mass is 1280 g/mol. The molecule has 0 fully saturated rings. The van der Waals surface area contributed by atoms with Crippen LogP contribution in [0.1, 0.15) is 277 Å². The highest BCUT2D eigenvalue weighted by molar-refractivity contribution is 5.95. The Kier molecular flexibility index (Phi) is 32.8. The Labute approximate surface area is 559 Å². The number of carbonyl (C=O) groups is 4. The van der Waals surface area contributed by atoms with Crippen molar-refractivity contribution >= 4 is 23.9 Å². The van der Waals surface area contributed by atoms with E-state index in [1.807, 2.05) is 30.3 Å². The van der Waals surface area contributed by atoms with Crippen LogP contribution in [-0.2, 0) is 12.8 Å². The first kappa shape index (κ1) is 73.2. The van der Waals surface area contributed by atoms with Crippen LogP contribution in [0.4, 0.5) is 8.78 Å². The molecule has 498 valence electrons. The number of unbranched alkanes of at least 4 members (excludes halogenated alkanes) is 30. The number of hydrogen-bond acceptors (Lipinski definition) is 9. The van der Waals surface area contributed by atoms with Gasteiger partial charge < -0.3 is 18.9 Å². The summed E-state index contributed by atoms with van der Waals surface area (Å²) in [5.41, 5.74) is 5.83. The van der Waals surface area contributed by atoms with E-state index in [1.165, 1.54) is 241 Å². The van der Waals surface area contributed by atoms with Gasteiger partial charge in [-0.05, 0) is 120 Å².